The van der Waals surface area contributed by atoms with Gasteiger partial charge in [-0.3, -0.25) is 0 Å². The van der Waals surface area contributed by atoms with Crippen molar-refractivity contribution in [2.45, 2.75) is 118 Å². The second kappa shape index (κ2) is 11.9. The van der Waals surface area contributed by atoms with E-state index in [4.69, 9.17) is 23.2 Å². The molecule has 0 aromatic heterocycles. The van der Waals surface area contributed by atoms with Gasteiger partial charge >= 0.3 is 0 Å². The summed E-state index contributed by atoms with van der Waals surface area (Å²) in [7, 11) is -11.1. The topological polar surface area (TPSA) is 0 Å². The van der Waals surface area contributed by atoms with Gasteiger partial charge in [0.05, 0.1) is 16.1 Å². The molecule has 0 nitrogen and oxygen atoms in total. The molecular formula is C32H54Cl2Si6. The molecule has 0 aromatic rings. The van der Waals surface area contributed by atoms with Gasteiger partial charge in [0, 0.05) is 20.5 Å². The quantitative estimate of drug-likeness (QED) is 0.202. The lowest BCUT2D eigenvalue weighted by molar-refractivity contribution is 0.349. The summed E-state index contributed by atoms with van der Waals surface area (Å²) in [6.45, 7) is 41.3. The Morgan fingerprint density at radius 1 is 0.400 bits per heavy atom. The van der Waals surface area contributed by atoms with E-state index in [0.717, 1.165) is 20.5 Å². The van der Waals surface area contributed by atoms with Crippen molar-refractivity contribution in [3.63, 3.8) is 0 Å². The van der Waals surface area contributed by atoms with Gasteiger partial charge in [-0.15, -0.1) is 22.2 Å². The summed E-state index contributed by atoms with van der Waals surface area (Å²) in [5.74, 6) is 15.3. The zero-order chi connectivity index (χ0) is 32.0. The van der Waals surface area contributed by atoms with Crippen LogP contribution in [-0.4, -0.2) is 48.4 Å². The maximum Gasteiger partial charge on any atom is 0.148 e. The van der Waals surface area contributed by atoms with Gasteiger partial charge in [-0.05, 0) is 0 Å². The highest BCUT2D eigenvalue weighted by Gasteiger charge is 2.67. The molecule has 40 heavy (non-hydrogen) atoms. The average molecular weight is 678 g/mol. The predicted octanol–water partition coefficient (Wildman–Crippen LogP) is 10.2. The molecule has 1 aliphatic rings. The summed E-state index contributed by atoms with van der Waals surface area (Å²) < 4.78 is 1.82. The summed E-state index contributed by atoms with van der Waals surface area (Å²) in [5, 5.41) is 0. The van der Waals surface area contributed by atoms with Gasteiger partial charge in [0.1, 0.15) is 43.1 Å². The molecule has 1 saturated carbocycles. The molecule has 0 amide bonds. The van der Waals surface area contributed by atoms with Crippen LogP contribution in [0.1, 0.15) is 0 Å². The van der Waals surface area contributed by atoms with Gasteiger partial charge in [0.2, 0.25) is 0 Å². The first kappa shape index (κ1) is 37.6. The molecule has 0 aliphatic heterocycles. The Kier molecular flexibility index (Phi) is 11.2. The van der Waals surface area contributed by atoms with Crippen molar-refractivity contribution in [3.8, 4) is 45.9 Å². The van der Waals surface area contributed by atoms with Crippen LogP contribution in [0.25, 0.3) is 0 Å². The Morgan fingerprint density at radius 2 is 0.575 bits per heavy atom. The van der Waals surface area contributed by atoms with E-state index in [-0.39, 0.29) is 0 Å². The maximum absolute atomic E-state index is 7.51. The minimum absolute atomic E-state index is 0.890. The van der Waals surface area contributed by atoms with Crippen LogP contribution in [-0.2, 0) is 0 Å². The largest absolute Gasteiger partial charge is 0.148 e. The smallest absolute Gasteiger partial charge is 0.130 e. The number of allylic oxidation sites excluding steroid dienone is 2. The van der Waals surface area contributed by atoms with Crippen molar-refractivity contribution < 1.29 is 0 Å². The summed E-state index contributed by atoms with van der Waals surface area (Å²) in [5.41, 5.74) is 15.3. The van der Waals surface area contributed by atoms with Crippen LogP contribution >= 0.6 is 23.2 Å². The van der Waals surface area contributed by atoms with E-state index in [0.29, 0.717) is 0 Å². The van der Waals surface area contributed by atoms with Crippen molar-refractivity contribution in [2.24, 2.45) is 10.8 Å². The third-order valence-corrected chi connectivity index (χ3v) is 16.2. The van der Waals surface area contributed by atoms with Gasteiger partial charge in [-0.25, -0.2) is 0 Å². The minimum Gasteiger partial charge on any atom is -0.130 e. The molecule has 0 aromatic carbocycles. The lowest BCUT2D eigenvalue weighted by Crippen LogP contribution is -2.56. The zero-order valence-corrected chi connectivity index (χ0v) is 36.3. The van der Waals surface area contributed by atoms with Gasteiger partial charge in [0.15, 0.2) is 0 Å². The molecule has 0 unspecified atom stereocenters. The van der Waals surface area contributed by atoms with Gasteiger partial charge in [-0.1, -0.05) is 165 Å². The molecule has 0 heterocycles. The number of rotatable bonds is 2. The number of halogens is 2. The zero-order valence-electron chi connectivity index (χ0n) is 28.8. The van der Waals surface area contributed by atoms with E-state index < -0.39 is 59.3 Å². The number of hydrogen-bond acceptors (Lipinski definition) is 0. The third-order valence-electron chi connectivity index (χ3n) is 5.82. The van der Waals surface area contributed by atoms with Crippen LogP contribution < -0.4 is 0 Å². The highest BCUT2D eigenvalue weighted by Crippen LogP contribution is 2.67. The second-order valence-corrected chi connectivity index (χ2v) is 47.8. The average Bonchev–Trinajstić information content (AvgIpc) is 2.67. The van der Waals surface area contributed by atoms with E-state index in [9.17, 15) is 0 Å². The maximum atomic E-state index is 7.51. The summed E-state index contributed by atoms with van der Waals surface area (Å²) in [6, 6.07) is 0. The lowest BCUT2D eigenvalue weighted by Gasteiger charge is -2.55. The van der Waals surface area contributed by atoms with Gasteiger partial charge in [0.25, 0.3) is 0 Å². The first-order valence-electron chi connectivity index (χ1n) is 14.4. The standard InChI is InChI=1S/C32H54Cl2Si6/c1-35(2,3)23-19-31(20-24-36(4,5)6)27(29(33)39(13,14)15)28(30(34)40(16,17)18)32(31,21-25-37(7,8)9)22-26-38(10,11)12/h1-18H3/b29-27-,30-28+. The molecule has 1 fully saturated rings. The molecule has 220 valence electrons. The van der Waals surface area contributed by atoms with Crippen LogP contribution in [0.2, 0.25) is 118 Å². The Hall–Kier alpha value is -0.399. The molecule has 0 spiro atoms. The van der Waals surface area contributed by atoms with Crippen molar-refractivity contribution in [3.05, 3.63) is 20.5 Å². The van der Waals surface area contributed by atoms with E-state index in [1.54, 1.807) is 0 Å². The fraction of sp³-hybridized carbons (Fsp3) is 0.625. The van der Waals surface area contributed by atoms with E-state index in [1.807, 2.05) is 0 Å². The van der Waals surface area contributed by atoms with E-state index in [2.05, 4.69) is 164 Å². The predicted molar refractivity (Wildman–Crippen MR) is 202 cm³/mol. The fourth-order valence-electron chi connectivity index (χ4n) is 3.80. The van der Waals surface area contributed by atoms with Crippen molar-refractivity contribution >= 4 is 71.6 Å². The van der Waals surface area contributed by atoms with Gasteiger partial charge in [-0.2, -0.15) is 0 Å². The molecule has 0 bridgehead atoms. The van der Waals surface area contributed by atoms with Crippen LogP contribution in [0.15, 0.2) is 20.5 Å². The van der Waals surface area contributed by atoms with Crippen LogP contribution in [0.4, 0.5) is 0 Å². The lowest BCUT2D eigenvalue weighted by atomic mass is 9.45. The highest BCUT2D eigenvalue weighted by molar-refractivity contribution is 6.93. The van der Waals surface area contributed by atoms with Crippen LogP contribution in [0, 0.1) is 56.7 Å². The summed E-state index contributed by atoms with van der Waals surface area (Å²) >= 11 is 15.0. The monoisotopic (exact) mass is 676 g/mol. The minimum atomic E-state index is -1.98. The van der Waals surface area contributed by atoms with E-state index in [1.165, 1.54) is 0 Å². The summed E-state index contributed by atoms with van der Waals surface area (Å²) in [6.07, 6.45) is 0. The fourth-order valence-corrected chi connectivity index (χ4v) is 8.65. The molecule has 0 atom stereocenters. The molecule has 0 saturated heterocycles. The molecular weight excluding hydrogens is 624 g/mol. The molecule has 8 heteroatoms. The number of hydrogen-bond donors (Lipinski definition) is 0. The van der Waals surface area contributed by atoms with Crippen LogP contribution in [0.5, 0.6) is 0 Å². The Bertz CT molecular complexity index is 1160. The molecule has 1 rings (SSSR count). The first-order chi connectivity index (χ1) is 17.4. The Morgan fingerprint density at radius 3 is 0.700 bits per heavy atom. The third kappa shape index (κ3) is 9.56. The van der Waals surface area contributed by atoms with Crippen molar-refractivity contribution in [1.29, 1.82) is 0 Å². The Labute approximate surface area is 265 Å². The Balaban J connectivity index is 4.93. The van der Waals surface area contributed by atoms with Crippen LogP contribution in [0.3, 0.4) is 0 Å². The van der Waals surface area contributed by atoms with Gasteiger partial charge < -0.3 is 0 Å². The van der Waals surface area contributed by atoms with Crippen molar-refractivity contribution in [2.75, 3.05) is 0 Å². The highest BCUT2D eigenvalue weighted by atomic mass is 35.5. The first-order valence-corrected chi connectivity index (χ1v) is 36.1. The molecule has 1 aliphatic carbocycles. The normalized spacial score (nSPS) is 19.7. The molecule has 0 N–H and O–H groups in total. The SMILES string of the molecule is C[Si](C)(C)C#CC1(C#C[Si](C)(C)C)C(=C(/Cl)[Si](C)(C)C)/C(=C(/Cl)[Si](C)(C)C)C1(C#C[Si](C)(C)C)C#C[Si](C)(C)C. The van der Waals surface area contributed by atoms with Crippen molar-refractivity contribution in [1.82, 2.24) is 0 Å². The summed E-state index contributed by atoms with van der Waals surface area (Å²) in [4.78, 5) is 0. The van der Waals surface area contributed by atoms with E-state index >= 15 is 0 Å². The molecule has 0 radical (unpaired) electrons. The second-order valence-electron chi connectivity index (χ2n) is 17.4.